The predicted molar refractivity (Wildman–Crippen MR) is 184 cm³/mol. The van der Waals surface area contributed by atoms with Gasteiger partial charge in [-0.15, -0.1) is 0 Å². The van der Waals surface area contributed by atoms with Crippen LogP contribution in [0.1, 0.15) is 0 Å². The molecule has 0 unspecified atom stereocenters. The molecule has 0 fully saturated rings. The maximum atomic E-state index is 6.55. The Labute approximate surface area is 252 Å². The van der Waals surface area contributed by atoms with Crippen molar-refractivity contribution in [2.75, 3.05) is 0 Å². The Balaban J connectivity index is 1.29. The monoisotopic (exact) mass is 560 g/mol. The Morgan fingerprint density at radius 3 is 1.75 bits per heavy atom. The van der Waals surface area contributed by atoms with Crippen LogP contribution in [0.4, 0.5) is 0 Å². The largest absolute Gasteiger partial charge is 0.456 e. The lowest BCUT2D eigenvalue weighted by molar-refractivity contribution is 0.669. The highest BCUT2D eigenvalue weighted by molar-refractivity contribution is 6.25. The van der Waals surface area contributed by atoms with Gasteiger partial charge in [-0.1, -0.05) is 121 Å². The summed E-state index contributed by atoms with van der Waals surface area (Å²) in [5.74, 6) is 0. The van der Waals surface area contributed by atoms with E-state index in [2.05, 4.69) is 140 Å². The summed E-state index contributed by atoms with van der Waals surface area (Å²) in [5, 5.41) is 11.8. The van der Waals surface area contributed by atoms with Gasteiger partial charge in [0, 0.05) is 32.7 Å². The van der Waals surface area contributed by atoms with Crippen LogP contribution in [-0.4, -0.2) is 0 Å². The highest BCUT2D eigenvalue weighted by Crippen LogP contribution is 2.47. The van der Waals surface area contributed by atoms with Crippen molar-refractivity contribution in [1.29, 1.82) is 0 Å². The molecule has 2 heteroatoms. The molecule has 10 rings (SSSR count). The lowest BCUT2D eigenvalue weighted by atomic mass is 9.85. The van der Waals surface area contributed by atoms with Crippen molar-refractivity contribution in [2.45, 2.75) is 0 Å². The first kappa shape index (κ1) is 23.7. The van der Waals surface area contributed by atoms with Gasteiger partial charge in [0.25, 0.3) is 0 Å². The second-order valence-corrected chi connectivity index (χ2v) is 11.6. The second kappa shape index (κ2) is 8.82. The molecule has 0 amide bonds. The number of furan rings is 2. The van der Waals surface area contributed by atoms with E-state index in [0.717, 1.165) is 49.6 Å². The summed E-state index contributed by atoms with van der Waals surface area (Å²) in [5.41, 5.74) is 8.31. The highest BCUT2D eigenvalue weighted by atomic mass is 16.3. The minimum atomic E-state index is 0.901. The Bertz CT molecular complexity index is 2720. The van der Waals surface area contributed by atoms with Gasteiger partial charge in [-0.3, -0.25) is 0 Å². The van der Waals surface area contributed by atoms with Gasteiger partial charge in [-0.2, -0.15) is 0 Å². The van der Waals surface area contributed by atoms with E-state index in [9.17, 15) is 0 Å². The molecule has 2 aromatic heterocycles. The third-order valence-corrected chi connectivity index (χ3v) is 9.26. The molecular formula is C42H24O2. The van der Waals surface area contributed by atoms with E-state index < -0.39 is 0 Å². The van der Waals surface area contributed by atoms with Crippen molar-refractivity contribution in [1.82, 2.24) is 0 Å². The van der Waals surface area contributed by atoms with Crippen LogP contribution in [0.25, 0.3) is 98.4 Å². The van der Waals surface area contributed by atoms with Gasteiger partial charge < -0.3 is 8.83 Å². The minimum Gasteiger partial charge on any atom is -0.456 e. The number of fused-ring (bicyclic) bond motifs is 10. The van der Waals surface area contributed by atoms with Gasteiger partial charge in [0.05, 0.1) is 0 Å². The fourth-order valence-electron chi connectivity index (χ4n) is 7.38. The van der Waals surface area contributed by atoms with Crippen molar-refractivity contribution in [2.24, 2.45) is 0 Å². The maximum Gasteiger partial charge on any atom is 0.143 e. The van der Waals surface area contributed by atoms with Crippen LogP contribution in [0.3, 0.4) is 0 Å². The fourth-order valence-corrected chi connectivity index (χ4v) is 7.38. The van der Waals surface area contributed by atoms with Crippen LogP contribution < -0.4 is 0 Å². The van der Waals surface area contributed by atoms with Crippen molar-refractivity contribution in [3.63, 3.8) is 0 Å². The Morgan fingerprint density at radius 2 is 0.977 bits per heavy atom. The SMILES string of the molecule is c1ccc2c(c1)ccc1oc3cc(-c4c5ccccc5c(-c5cccc6c5oc5ccccc56)c5ccccc45)ccc3c12. The lowest BCUT2D eigenvalue weighted by Crippen LogP contribution is -1.91. The molecule has 0 aliphatic carbocycles. The van der Waals surface area contributed by atoms with Gasteiger partial charge in [0.15, 0.2) is 0 Å². The van der Waals surface area contributed by atoms with Crippen molar-refractivity contribution in [3.8, 4) is 22.3 Å². The van der Waals surface area contributed by atoms with Crippen molar-refractivity contribution >= 4 is 76.2 Å². The molecule has 0 aliphatic heterocycles. The molecule has 0 N–H and O–H groups in total. The van der Waals surface area contributed by atoms with E-state index >= 15 is 0 Å². The first-order valence-corrected chi connectivity index (χ1v) is 15.0. The van der Waals surface area contributed by atoms with Crippen molar-refractivity contribution < 1.29 is 8.83 Å². The molecule has 0 saturated carbocycles. The molecule has 0 spiro atoms. The van der Waals surface area contributed by atoms with Gasteiger partial charge in [-0.05, 0) is 67.7 Å². The third kappa shape index (κ3) is 3.20. The quantitative estimate of drug-likeness (QED) is 0.197. The maximum absolute atomic E-state index is 6.55. The summed E-state index contributed by atoms with van der Waals surface area (Å²) in [6.45, 7) is 0. The van der Waals surface area contributed by atoms with Gasteiger partial charge in [0.1, 0.15) is 22.3 Å². The molecule has 0 atom stereocenters. The molecule has 2 heterocycles. The Kier molecular flexibility index (Phi) is 4.75. The van der Waals surface area contributed by atoms with Crippen LogP contribution in [0.2, 0.25) is 0 Å². The first-order valence-electron chi connectivity index (χ1n) is 15.0. The van der Waals surface area contributed by atoms with Crippen LogP contribution in [0.15, 0.2) is 154 Å². The summed E-state index contributed by atoms with van der Waals surface area (Å²) in [7, 11) is 0. The average Bonchev–Trinajstić information content (AvgIpc) is 3.65. The number of rotatable bonds is 2. The Morgan fingerprint density at radius 1 is 0.341 bits per heavy atom. The number of benzene rings is 8. The number of hydrogen-bond donors (Lipinski definition) is 0. The van der Waals surface area contributed by atoms with E-state index in [1.54, 1.807) is 0 Å². The van der Waals surface area contributed by atoms with E-state index in [-0.39, 0.29) is 0 Å². The molecule has 204 valence electrons. The third-order valence-electron chi connectivity index (χ3n) is 9.26. The molecule has 2 nitrogen and oxygen atoms in total. The van der Waals surface area contributed by atoms with Crippen LogP contribution >= 0.6 is 0 Å². The molecule has 0 bridgehead atoms. The molecule has 0 radical (unpaired) electrons. The van der Waals surface area contributed by atoms with E-state index in [4.69, 9.17) is 8.83 Å². The van der Waals surface area contributed by atoms with Gasteiger partial charge in [-0.25, -0.2) is 0 Å². The smallest absolute Gasteiger partial charge is 0.143 e. The number of para-hydroxylation sites is 2. The summed E-state index contributed by atoms with van der Waals surface area (Å²) >= 11 is 0. The first-order chi connectivity index (χ1) is 21.8. The summed E-state index contributed by atoms with van der Waals surface area (Å²) in [6.07, 6.45) is 0. The zero-order valence-electron chi connectivity index (χ0n) is 23.7. The number of hydrogen-bond acceptors (Lipinski definition) is 2. The van der Waals surface area contributed by atoms with E-state index in [1.807, 2.05) is 6.07 Å². The highest BCUT2D eigenvalue weighted by Gasteiger charge is 2.21. The lowest BCUT2D eigenvalue weighted by Gasteiger charge is -2.17. The second-order valence-electron chi connectivity index (χ2n) is 11.6. The summed E-state index contributed by atoms with van der Waals surface area (Å²) in [6, 6.07) is 51.8. The summed E-state index contributed by atoms with van der Waals surface area (Å²) in [4.78, 5) is 0. The molecule has 0 aliphatic rings. The predicted octanol–water partition coefficient (Wildman–Crippen LogP) is 12.3. The molecular weight excluding hydrogens is 536 g/mol. The van der Waals surface area contributed by atoms with Crippen LogP contribution in [0.5, 0.6) is 0 Å². The molecule has 0 saturated heterocycles. The summed E-state index contributed by atoms with van der Waals surface area (Å²) < 4.78 is 13.1. The Hall–Kier alpha value is -5.86. The molecule has 44 heavy (non-hydrogen) atoms. The average molecular weight is 561 g/mol. The standard InChI is InChI=1S/C42H24O2/c1-2-11-27-25(10-1)21-23-37-41(27)34-22-20-26(24-38(34)43-37)39-29-13-3-5-15-31(29)40(32-16-6-4-14-30(32)39)35-18-9-17-33-28-12-7-8-19-36(28)44-42(33)35/h1-24H. The molecule has 10 aromatic rings. The zero-order valence-corrected chi connectivity index (χ0v) is 23.7. The molecule has 8 aromatic carbocycles. The fraction of sp³-hybridized carbons (Fsp3) is 0. The van der Waals surface area contributed by atoms with Gasteiger partial charge >= 0.3 is 0 Å². The topological polar surface area (TPSA) is 26.3 Å². The zero-order chi connectivity index (χ0) is 28.8. The van der Waals surface area contributed by atoms with Crippen molar-refractivity contribution in [3.05, 3.63) is 146 Å². The van der Waals surface area contributed by atoms with Gasteiger partial charge in [0.2, 0.25) is 0 Å². The minimum absolute atomic E-state index is 0.901. The van der Waals surface area contributed by atoms with E-state index in [0.29, 0.717) is 0 Å². The normalized spacial score (nSPS) is 12.1. The van der Waals surface area contributed by atoms with E-state index in [1.165, 1.54) is 48.8 Å². The van der Waals surface area contributed by atoms with Crippen LogP contribution in [0, 0.1) is 0 Å². The van der Waals surface area contributed by atoms with Crippen LogP contribution in [-0.2, 0) is 0 Å².